The predicted molar refractivity (Wildman–Crippen MR) is 93.4 cm³/mol. The van der Waals surface area contributed by atoms with Crippen LogP contribution in [-0.2, 0) is 11.2 Å². The molecule has 0 spiro atoms. The minimum absolute atomic E-state index is 0.321. The zero-order valence-electron chi connectivity index (χ0n) is 13.8. The molecule has 1 aliphatic heterocycles. The molecule has 3 rings (SSSR count). The molecule has 0 amide bonds. The van der Waals surface area contributed by atoms with Crippen LogP contribution in [-0.4, -0.2) is 51.4 Å². The molecule has 0 unspecified atom stereocenters. The van der Waals surface area contributed by atoms with Crippen LogP contribution in [0.25, 0.3) is 0 Å². The second kappa shape index (κ2) is 8.00. The third kappa shape index (κ3) is 3.91. The van der Waals surface area contributed by atoms with Gasteiger partial charge in [0.15, 0.2) is 0 Å². The fourth-order valence-electron chi connectivity index (χ4n) is 3.13. The molecular formula is C19H20ClFO5. The van der Waals surface area contributed by atoms with Crippen molar-refractivity contribution >= 4 is 11.6 Å². The summed E-state index contributed by atoms with van der Waals surface area (Å²) in [6.07, 6.45) is -5.35. The fourth-order valence-corrected chi connectivity index (χ4v) is 3.32. The maximum absolute atomic E-state index is 13.1. The second-order valence-electron chi connectivity index (χ2n) is 6.41. The standard InChI is InChI=1S/C19H20ClFO5/c20-14-6-3-11(8-12(14)7-10-1-4-13(21)5-2-10)18-16(24)17(25)19(26-18)15(23)9-22/h1-6,8,15-19,22-25H,7,9H2/t15-,16+,17+,18-,19+/m0/s1. The third-order valence-corrected chi connectivity index (χ3v) is 4.94. The lowest BCUT2D eigenvalue weighted by molar-refractivity contribution is -0.0820. The minimum atomic E-state index is -1.32. The van der Waals surface area contributed by atoms with Crippen LogP contribution in [0.3, 0.4) is 0 Å². The van der Waals surface area contributed by atoms with Crippen molar-refractivity contribution in [2.45, 2.75) is 36.9 Å². The highest BCUT2D eigenvalue weighted by atomic mass is 35.5. The Balaban J connectivity index is 1.84. The van der Waals surface area contributed by atoms with E-state index in [0.29, 0.717) is 17.0 Å². The summed E-state index contributed by atoms with van der Waals surface area (Å²) >= 11 is 6.25. The predicted octanol–water partition coefficient (Wildman–Crippen LogP) is 1.58. The van der Waals surface area contributed by atoms with Crippen molar-refractivity contribution in [2.75, 3.05) is 6.61 Å². The average Bonchev–Trinajstić information content (AvgIpc) is 2.93. The molecule has 140 valence electrons. The minimum Gasteiger partial charge on any atom is -0.394 e. The Morgan fingerprint density at radius 3 is 2.42 bits per heavy atom. The SMILES string of the molecule is OC[C@H](O)[C@H]1O[C@@H](c2ccc(Cl)c(Cc3ccc(F)cc3)c2)[C@H](O)[C@H]1O. The number of ether oxygens (including phenoxy) is 1. The number of aliphatic hydroxyl groups is 4. The van der Waals surface area contributed by atoms with Gasteiger partial charge in [-0.1, -0.05) is 35.9 Å². The normalized spacial score (nSPS) is 26.8. The van der Waals surface area contributed by atoms with Crippen LogP contribution in [0, 0.1) is 5.82 Å². The van der Waals surface area contributed by atoms with Gasteiger partial charge in [-0.2, -0.15) is 0 Å². The second-order valence-corrected chi connectivity index (χ2v) is 6.81. The number of halogens is 2. The summed E-state index contributed by atoms with van der Waals surface area (Å²) in [6, 6.07) is 11.1. The van der Waals surface area contributed by atoms with Crippen molar-refractivity contribution in [3.63, 3.8) is 0 Å². The van der Waals surface area contributed by atoms with Crippen LogP contribution >= 0.6 is 11.6 Å². The van der Waals surface area contributed by atoms with Gasteiger partial charge in [0.1, 0.15) is 36.3 Å². The van der Waals surface area contributed by atoms with Gasteiger partial charge in [0.25, 0.3) is 0 Å². The summed E-state index contributed by atoms with van der Waals surface area (Å²) in [5, 5.41) is 39.6. The van der Waals surface area contributed by atoms with Crippen LogP contribution in [0.15, 0.2) is 42.5 Å². The van der Waals surface area contributed by atoms with E-state index >= 15 is 0 Å². The van der Waals surface area contributed by atoms with Crippen molar-refractivity contribution in [1.29, 1.82) is 0 Å². The van der Waals surface area contributed by atoms with E-state index < -0.39 is 37.1 Å². The van der Waals surface area contributed by atoms with Gasteiger partial charge in [0.05, 0.1) is 6.61 Å². The molecule has 26 heavy (non-hydrogen) atoms. The topological polar surface area (TPSA) is 90.2 Å². The van der Waals surface area contributed by atoms with Crippen molar-refractivity contribution in [3.8, 4) is 0 Å². The molecule has 1 aliphatic rings. The Kier molecular flexibility index (Phi) is 5.92. The van der Waals surface area contributed by atoms with Crippen molar-refractivity contribution in [3.05, 3.63) is 70.0 Å². The van der Waals surface area contributed by atoms with Crippen LogP contribution in [0.4, 0.5) is 4.39 Å². The Hall–Kier alpha value is -1.54. The van der Waals surface area contributed by atoms with E-state index in [4.69, 9.17) is 21.4 Å². The van der Waals surface area contributed by atoms with E-state index in [-0.39, 0.29) is 5.82 Å². The first-order valence-corrected chi connectivity index (χ1v) is 8.61. The van der Waals surface area contributed by atoms with Gasteiger partial charge >= 0.3 is 0 Å². The van der Waals surface area contributed by atoms with E-state index in [1.807, 2.05) is 0 Å². The Labute approximate surface area is 155 Å². The lowest BCUT2D eigenvalue weighted by atomic mass is 9.96. The van der Waals surface area contributed by atoms with Crippen molar-refractivity contribution in [1.82, 2.24) is 0 Å². The van der Waals surface area contributed by atoms with E-state index in [1.54, 1.807) is 30.3 Å². The monoisotopic (exact) mass is 382 g/mol. The van der Waals surface area contributed by atoms with E-state index in [0.717, 1.165) is 11.1 Å². The Morgan fingerprint density at radius 2 is 1.77 bits per heavy atom. The van der Waals surface area contributed by atoms with Gasteiger partial charge < -0.3 is 25.2 Å². The zero-order valence-corrected chi connectivity index (χ0v) is 14.6. The van der Waals surface area contributed by atoms with Crippen LogP contribution in [0.5, 0.6) is 0 Å². The number of rotatable bonds is 5. The molecular weight excluding hydrogens is 363 g/mol. The largest absolute Gasteiger partial charge is 0.394 e. The highest BCUT2D eigenvalue weighted by Gasteiger charge is 2.46. The molecule has 2 aromatic rings. The van der Waals surface area contributed by atoms with Gasteiger partial charge in [0, 0.05) is 5.02 Å². The number of aliphatic hydroxyl groups excluding tert-OH is 4. The van der Waals surface area contributed by atoms with E-state index in [9.17, 15) is 19.7 Å². The summed E-state index contributed by atoms with van der Waals surface area (Å²) in [5.74, 6) is -0.321. The summed E-state index contributed by atoms with van der Waals surface area (Å²) in [4.78, 5) is 0. The van der Waals surface area contributed by atoms with E-state index in [1.165, 1.54) is 12.1 Å². The van der Waals surface area contributed by atoms with Gasteiger partial charge in [-0.05, 0) is 41.3 Å². The van der Waals surface area contributed by atoms with Gasteiger partial charge in [0.2, 0.25) is 0 Å². The molecule has 1 fully saturated rings. The summed E-state index contributed by atoms with van der Waals surface area (Å²) in [7, 11) is 0. The first kappa shape index (κ1) is 19.2. The molecule has 5 nitrogen and oxygen atoms in total. The Morgan fingerprint density at radius 1 is 1.08 bits per heavy atom. The van der Waals surface area contributed by atoms with Crippen molar-refractivity contribution in [2.24, 2.45) is 0 Å². The molecule has 5 atom stereocenters. The highest BCUT2D eigenvalue weighted by molar-refractivity contribution is 6.31. The highest BCUT2D eigenvalue weighted by Crippen LogP contribution is 2.36. The number of hydrogen-bond donors (Lipinski definition) is 4. The molecule has 0 aromatic heterocycles. The third-order valence-electron chi connectivity index (χ3n) is 4.57. The molecule has 7 heteroatoms. The molecule has 2 aromatic carbocycles. The van der Waals surface area contributed by atoms with Crippen LogP contribution in [0.1, 0.15) is 22.8 Å². The number of hydrogen-bond acceptors (Lipinski definition) is 5. The molecule has 0 radical (unpaired) electrons. The van der Waals surface area contributed by atoms with Gasteiger partial charge in [-0.3, -0.25) is 0 Å². The maximum atomic E-state index is 13.1. The summed E-state index contributed by atoms with van der Waals surface area (Å²) in [6.45, 7) is -0.586. The molecule has 0 bridgehead atoms. The fraction of sp³-hybridized carbons (Fsp3) is 0.368. The molecule has 1 heterocycles. The van der Waals surface area contributed by atoms with Gasteiger partial charge in [-0.25, -0.2) is 4.39 Å². The maximum Gasteiger partial charge on any atom is 0.123 e. The smallest absolute Gasteiger partial charge is 0.123 e. The Bertz CT molecular complexity index is 754. The summed E-state index contributed by atoms with van der Waals surface area (Å²) < 4.78 is 18.6. The quantitative estimate of drug-likeness (QED) is 0.630. The first-order chi connectivity index (χ1) is 12.4. The van der Waals surface area contributed by atoms with Crippen LogP contribution < -0.4 is 0 Å². The lowest BCUT2D eigenvalue weighted by Gasteiger charge is -2.19. The average molecular weight is 383 g/mol. The lowest BCUT2D eigenvalue weighted by Crippen LogP contribution is -2.40. The molecule has 1 saturated heterocycles. The first-order valence-electron chi connectivity index (χ1n) is 8.24. The molecule has 4 N–H and O–H groups in total. The van der Waals surface area contributed by atoms with E-state index in [2.05, 4.69) is 0 Å². The summed E-state index contributed by atoms with van der Waals surface area (Å²) in [5.41, 5.74) is 2.21. The molecule has 0 saturated carbocycles. The molecule has 0 aliphatic carbocycles. The van der Waals surface area contributed by atoms with Crippen molar-refractivity contribution < 1.29 is 29.6 Å². The van der Waals surface area contributed by atoms with Crippen LogP contribution in [0.2, 0.25) is 5.02 Å². The zero-order chi connectivity index (χ0) is 18.8. The van der Waals surface area contributed by atoms with Gasteiger partial charge in [-0.15, -0.1) is 0 Å². The number of benzene rings is 2.